The highest BCUT2D eigenvalue weighted by Gasteiger charge is 2.27. The van der Waals surface area contributed by atoms with Crippen molar-refractivity contribution in [2.24, 2.45) is 0 Å². The molecule has 20 heavy (non-hydrogen) atoms. The highest BCUT2D eigenvalue weighted by molar-refractivity contribution is 7.89. The van der Waals surface area contributed by atoms with E-state index in [1.54, 1.807) is 5.38 Å². The summed E-state index contributed by atoms with van der Waals surface area (Å²) in [6, 6.07) is 9.62. The molecule has 6 heteroatoms. The molecule has 1 aliphatic rings. The molecule has 1 aliphatic carbocycles. The van der Waals surface area contributed by atoms with Crippen LogP contribution < -0.4 is 4.72 Å². The number of fused-ring (bicyclic) bond motifs is 1. The van der Waals surface area contributed by atoms with Gasteiger partial charge in [-0.25, -0.2) is 13.1 Å². The topological polar surface area (TPSA) is 66.4 Å². The lowest BCUT2D eigenvalue weighted by atomic mass is 9.78. The van der Waals surface area contributed by atoms with Gasteiger partial charge in [-0.3, -0.25) is 0 Å². The van der Waals surface area contributed by atoms with E-state index in [4.69, 9.17) is 5.11 Å². The molecule has 2 N–H and O–H groups in total. The van der Waals surface area contributed by atoms with Crippen molar-refractivity contribution in [3.63, 3.8) is 0 Å². The Kier molecular flexibility index (Phi) is 3.64. The zero-order valence-corrected chi connectivity index (χ0v) is 12.4. The van der Waals surface area contributed by atoms with E-state index in [0.717, 1.165) is 6.42 Å². The molecule has 0 bridgehead atoms. The summed E-state index contributed by atoms with van der Waals surface area (Å²) in [5.41, 5.74) is 2.52. The molecular weight excluding hydrogens is 294 g/mol. The van der Waals surface area contributed by atoms with Crippen molar-refractivity contribution >= 4 is 21.4 Å². The molecule has 106 valence electrons. The molecule has 1 aromatic heterocycles. The number of rotatable bonds is 5. The molecule has 0 amide bonds. The van der Waals surface area contributed by atoms with E-state index in [-0.39, 0.29) is 17.4 Å². The second-order valence-electron chi connectivity index (χ2n) is 4.82. The second-order valence-corrected chi connectivity index (χ2v) is 7.55. The molecule has 0 fully saturated rings. The summed E-state index contributed by atoms with van der Waals surface area (Å²) < 4.78 is 27.1. The smallest absolute Gasteiger partial charge is 0.241 e. The summed E-state index contributed by atoms with van der Waals surface area (Å²) in [5.74, 6) is 0.247. The largest absolute Gasteiger partial charge is 0.391 e. The standard InChI is InChI=1S/C14H15NO3S2/c16-9-13-14(5-6-19-13)20(17,18)15-8-11-7-10-3-1-2-4-12(10)11/h1-6,11,15-16H,7-9H2. The predicted octanol–water partition coefficient (Wildman–Crippen LogP) is 1.86. The normalized spacial score (nSPS) is 17.6. The van der Waals surface area contributed by atoms with Gasteiger partial charge in [-0.1, -0.05) is 24.3 Å². The van der Waals surface area contributed by atoms with Gasteiger partial charge in [0.1, 0.15) is 0 Å². The van der Waals surface area contributed by atoms with Crippen molar-refractivity contribution in [1.29, 1.82) is 0 Å². The van der Waals surface area contributed by atoms with Crippen LogP contribution in [0.3, 0.4) is 0 Å². The number of thiophene rings is 1. The third-order valence-electron chi connectivity index (χ3n) is 3.62. The van der Waals surface area contributed by atoms with Gasteiger partial charge >= 0.3 is 0 Å². The number of benzene rings is 1. The monoisotopic (exact) mass is 309 g/mol. The Morgan fingerprint density at radius 1 is 1.30 bits per heavy atom. The van der Waals surface area contributed by atoms with Crippen molar-refractivity contribution in [1.82, 2.24) is 4.72 Å². The van der Waals surface area contributed by atoms with E-state index in [2.05, 4.69) is 10.8 Å². The Morgan fingerprint density at radius 3 is 2.85 bits per heavy atom. The van der Waals surface area contributed by atoms with Crippen molar-refractivity contribution in [3.8, 4) is 0 Å². The first-order valence-corrected chi connectivity index (χ1v) is 8.73. The van der Waals surface area contributed by atoms with Crippen LogP contribution in [0.1, 0.15) is 21.9 Å². The summed E-state index contributed by atoms with van der Waals surface area (Å²) in [6.07, 6.45) is 0.912. The van der Waals surface area contributed by atoms with Crippen molar-refractivity contribution < 1.29 is 13.5 Å². The Balaban J connectivity index is 1.70. The van der Waals surface area contributed by atoms with Crippen LogP contribution in [0.2, 0.25) is 0 Å². The molecule has 3 rings (SSSR count). The van der Waals surface area contributed by atoms with E-state index in [9.17, 15) is 8.42 Å². The number of nitrogens with one attached hydrogen (secondary N) is 1. The summed E-state index contributed by atoms with van der Waals surface area (Å²) in [6.45, 7) is 0.153. The summed E-state index contributed by atoms with van der Waals surface area (Å²) in [4.78, 5) is 0.670. The van der Waals surface area contributed by atoms with E-state index in [1.807, 2.05) is 18.2 Å². The van der Waals surface area contributed by atoms with Gasteiger partial charge in [0.05, 0.1) is 11.5 Å². The Morgan fingerprint density at radius 2 is 2.10 bits per heavy atom. The lowest BCUT2D eigenvalue weighted by Gasteiger charge is -2.30. The lowest BCUT2D eigenvalue weighted by Crippen LogP contribution is -2.33. The zero-order valence-electron chi connectivity index (χ0n) is 10.7. The van der Waals surface area contributed by atoms with Crippen LogP contribution in [-0.4, -0.2) is 20.1 Å². The number of hydrogen-bond donors (Lipinski definition) is 2. The predicted molar refractivity (Wildman–Crippen MR) is 78.3 cm³/mol. The van der Waals surface area contributed by atoms with Crippen molar-refractivity contribution in [2.75, 3.05) is 6.54 Å². The third-order valence-corrected chi connectivity index (χ3v) is 6.16. The summed E-state index contributed by atoms with van der Waals surface area (Å²) in [5, 5.41) is 10.8. The van der Waals surface area contributed by atoms with E-state index < -0.39 is 10.0 Å². The fourth-order valence-corrected chi connectivity index (χ4v) is 4.89. The maximum atomic E-state index is 12.2. The first-order valence-electron chi connectivity index (χ1n) is 6.36. The van der Waals surface area contributed by atoms with Gasteiger partial charge in [0.15, 0.2) is 0 Å². The number of aliphatic hydroxyl groups excluding tert-OH is 1. The molecule has 4 nitrogen and oxygen atoms in total. The minimum atomic E-state index is -3.53. The van der Waals surface area contributed by atoms with Crippen LogP contribution in [-0.2, 0) is 23.1 Å². The van der Waals surface area contributed by atoms with Crippen LogP contribution in [0.4, 0.5) is 0 Å². The minimum Gasteiger partial charge on any atom is -0.391 e. The number of aliphatic hydroxyl groups is 1. The van der Waals surface area contributed by atoms with E-state index in [1.165, 1.54) is 28.5 Å². The van der Waals surface area contributed by atoms with Gasteiger partial charge in [0.25, 0.3) is 0 Å². The van der Waals surface area contributed by atoms with Gasteiger partial charge in [0.2, 0.25) is 10.0 Å². The molecule has 0 aliphatic heterocycles. The molecule has 0 spiro atoms. The number of sulfonamides is 1. The maximum absolute atomic E-state index is 12.2. The Hall–Kier alpha value is -1.21. The third kappa shape index (κ3) is 2.40. The van der Waals surface area contributed by atoms with Gasteiger partial charge in [-0.15, -0.1) is 11.3 Å². The Labute approximate surface area is 122 Å². The molecule has 1 heterocycles. The molecule has 0 radical (unpaired) electrons. The fourth-order valence-electron chi connectivity index (χ4n) is 2.52. The molecule has 1 unspecified atom stereocenters. The van der Waals surface area contributed by atoms with Crippen LogP contribution in [0.5, 0.6) is 0 Å². The summed E-state index contributed by atoms with van der Waals surface area (Å²) in [7, 11) is -3.53. The fraction of sp³-hybridized carbons (Fsp3) is 0.286. The van der Waals surface area contributed by atoms with Crippen molar-refractivity contribution in [2.45, 2.75) is 23.8 Å². The minimum absolute atomic E-state index is 0.192. The quantitative estimate of drug-likeness (QED) is 0.886. The first-order chi connectivity index (χ1) is 9.62. The maximum Gasteiger partial charge on any atom is 0.241 e. The molecule has 1 atom stereocenters. The molecule has 0 saturated carbocycles. The molecule has 0 saturated heterocycles. The molecule has 1 aromatic carbocycles. The van der Waals surface area contributed by atoms with Gasteiger partial charge in [0, 0.05) is 17.3 Å². The highest BCUT2D eigenvalue weighted by Crippen LogP contribution is 2.34. The molecule has 2 aromatic rings. The summed E-state index contributed by atoms with van der Waals surface area (Å²) >= 11 is 1.25. The lowest BCUT2D eigenvalue weighted by molar-refractivity contribution is 0.282. The SMILES string of the molecule is O=S(=O)(NCC1Cc2ccccc21)c1ccsc1CO. The van der Waals surface area contributed by atoms with Gasteiger partial charge in [-0.05, 0) is 29.0 Å². The zero-order chi connectivity index (χ0) is 14.2. The Bertz CT molecular complexity index is 722. The number of hydrogen-bond acceptors (Lipinski definition) is 4. The van der Waals surface area contributed by atoms with Crippen LogP contribution in [0.15, 0.2) is 40.6 Å². The van der Waals surface area contributed by atoms with Crippen LogP contribution >= 0.6 is 11.3 Å². The van der Waals surface area contributed by atoms with Gasteiger partial charge < -0.3 is 5.11 Å². The average Bonchev–Trinajstić information content (AvgIpc) is 2.89. The van der Waals surface area contributed by atoms with Gasteiger partial charge in [-0.2, -0.15) is 0 Å². The van der Waals surface area contributed by atoms with Crippen LogP contribution in [0.25, 0.3) is 0 Å². The van der Waals surface area contributed by atoms with Crippen molar-refractivity contribution in [3.05, 3.63) is 51.7 Å². The highest BCUT2D eigenvalue weighted by atomic mass is 32.2. The average molecular weight is 309 g/mol. The first kappa shape index (κ1) is 13.8. The molecular formula is C14H15NO3S2. The van der Waals surface area contributed by atoms with Crippen LogP contribution in [0, 0.1) is 0 Å². The van der Waals surface area contributed by atoms with E-state index >= 15 is 0 Å². The second kappa shape index (κ2) is 5.29. The van der Waals surface area contributed by atoms with E-state index in [0.29, 0.717) is 11.4 Å².